The van der Waals surface area contributed by atoms with Crippen molar-refractivity contribution in [1.29, 1.82) is 0 Å². The normalized spacial score (nSPS) is 15.3. The second-order valence-electron chi connectivity index (χ2n) is 6.42. The van der Waals surface area contributed by atoms with Crippen LogP contribution in [0.3, 0.4) is 0 Å². The maximum atomic E-state index is 12.5. The summed E-state index contributed by atoms with van der Waals surface area (Å²) in [5.41, 5.74) is 1.68. The first kappa shape index (κ1) is 18.0. The molecule has 1 saturated heterocycles. The summed E-state index contributed by atoms with van der Waals surface area (Å²) in [7, 11) is 0. The Bertz CT molecular complexity index is 789. The summed E-state index contributed by atoms with van der Waals surface area (Å²) in [5.74, 6) is 1.17. The van der Waals surface area contributed by atoms with Crippen LogP contribution in [0.5, 0.6) is 0 Å². The van der Waals surface area contributed by atoms with Gasteiger partial charge in [-0.05, 0) is 43.9 Å². The van der Waals surface area contributed by atoms with Crippen molar-refractivity contribution in [3.8, 4) is 0 Å². The molecule has 0 atom stereocenters. The summed E-state index contributed by atoms with van der Waals surface area (Å²) < 4.78 is 0. The average molecular weight is 379 g/mol. The number of amides is 1. The van der Waals surface area contributed by atoms with E-state index < -0.39 is 0 Å². The highest BCUT2D eigenvalue weighted by Crippen LogP contribution is 2.26. The maximum Gasteiger partial charge on any atom is 0.259 e. The number of halogens is 2. The number of hydrogen-bond acceptors (Lipinski definition) is 4. The van der Waals surface area contributed by atoms with Gasteiger partial charge in [0.1, 0.15) is 0 Å². The highest BCUT2D eigenvalue weighted by atomic mass is 35.5. The van der Waals surface area contributed by atoms with Gasteiger partial charge in [-0.15, -0.1) is 0 Å². The van der Waals surface area contributed by atoms with Gasteiger partial charge in [0.2, 0.25) is 5.95 Å². The third-order valence-corrected chi connectivity index (χ3v) is 5.19. The van der Waals surface area contributed by atoms with Crippen molar-refractivity contribution in [3.63, 3.8) is 0 Å². The van der Waals surface area contributed by atoms with Crippen molar-refractivity contribution >= 4 is 40.7 Å². The lowest BCUT2D eigenvalue weighted by Gasteiger charge is -2.30. The Morgan fingerprint density at radius 1 is 1.24 bits per heavy atom. The SMILES string of the molecule is Cc1nc(N2CCC(C)CC2)ncc1C(=O)Nc1ccc(Cl)c(Cl)c1. The molecular formula is C18H20Cl2N4O. The molecular weight excluding hydrogens is 359 g/mol. The summed E-state index contributed by atoms with van der Waals surface area (Å²) in [5, 5.41) is 3.63. The van der Waals surface area contributed by atoms with Gasteiger partial charge < -0.3 is 10.2 Å². The third-order valence-electron chi connectivity index (χ3n) is 4.46. The van der Waals surface area contributed by atoms with Gasteiger partial charge in [-0.3, -0.25) is 4.79 Å². The van der Waals surface area contributed by atoms with Crippen molar-refractivity contribution in [2.75, 3.05) is 23.3 Å². The first-order chi connectivity index (χ1) is 11.9. The summed E-state index contributed by atoms with van der Waals surface area (Å²) >= 11 is 11.9. The number of aryl methyl sites for hydroxylation is 1. The standard InChI is InChI=1S/C18H20Cl2N4O/c1-11-5-7-24(8-6-11)18-21-10-14(12(2)22-18)17(25)23-13-3-4-15(19)16(20)9-13/h3-4,9-11H,5-8H2,1-2H3,(H,23,25). The molecule has 0 saturated carbocycles. The Morgan fingerprint density at radius 3 is 2.60 bits per heavy atom. The Labute approximate surface area is 157 Å². The van der Waals surface area contributed by atoms with Crippen LogP contribution in [0.4, 0.5) is 11.6 Å². The Morgan fingerprint density at radius 2 is 1.96 bits per heavy atom. The highest BCUT2D eigenvalue weighted by molar-refractivity contribution is 6.42. The van der Waals surface area contributed by atoms with Crippen molar-refractivity contribution in [3.05, 3.63) is 45.7 Å². The number of nitrogens with zero attached hydrogens (tertiary/aromatic N) is 3. The van der Waals surface area contributed by atoms with Crippen LogP contribution in [-0.4, -0.2) is 29.0 Å². The Balaban J connectivity index is 1.73. The van der Waals surface area contributed by atoms with Crippen LogP contribution in [0.15, 0.2) is 24.4 Å². The number of carbonyl (C=O) groups excluding carboxylic acids is 1. The number of aromatic nitrogens is 2. The second kappa shape index (κ2) is 7.58. The fraction of sp³-hybridized carbons (Fsp3) is 0.389. The third kappa shape index (κ3) is 4.22. The molecule has 0 radical (unpaired) electrons. The van der Waals surface area contributed by atoms with Gasteiger partial charge in [0.15, 0.2) is 0 Å². The highest BCUT2D eigenvalue weighted by Gasteiger charge is 2.20. The largest absolute Gasteiger partial charge is 0.341 e. The number of carbonyl (C=O) groups is 1. The molecule has 5 nitrogen and oxygen atoms in total. The molecule has 1 N–H and O–H groups in total. The molecule has 1 aliphatic rings. The van der Waals surface area contributed by atoms with E-state index in [9.17, 15) is 4.79 Å². The summed E-state index contributed by atoms with van der Waals surface area (Å²) in [6.07, 6.45) is 3.87. The Kier molecular flexibility index (Phi) is 5.45. The molecule has 2 heterocycles. The summed E-state index contributed by atoms with van der Waals surface area (Å²) in [4.78, 5) is 23.6. The van der Waals surface area contributed by atoms with Gasteiger partial charge in [0.05, 0.1) is 21.3 Å². The summed E-state index contributed by atoms with van der Waals surface area (Å²) in [6.45, 7) is 5.99. The van der Waals surface area contributed by atoms with Gasteiger partial charge in [-0.25, -0.2) is 9.97 Å². The number of hydrogen-bond donors (Lipinski definition) is 1. The molecule has 1 aromatic carbocycles. The van der Waals surface area contributed by atoms with Crippen LogP contribution in [0.25, 0.3) is 0 Å². The molecule has 0 unspecified atom stereocenters. The summed E-state index contributed by atoms with van der Waals surface area (Å²) in [6, 6.07) is 4.95. The Hall–Kier alpha value is -1.85. The minimum atomic E-state index is -0.269. The van der Waals surface area contributed by atoms with Crippen LogP contribution < -0.4 is 10.2 Å². The minimum Gasteiger partial charge on any atom is -0.341 e. The molecule has 0 bridgehead atoms. The minimum absolute atomic E-state index is 0.269. The zero-order chi connectivity index (χ0) is 18.0. The van der Waals surface area contributed by atoms with Gasteiger partial charge in [-0.1, -0.05) is 30.1 Å². The van der Waals surface area contributed by atoms with Crippen LogP contribution in [0.2, 0.25) is 10.0 Å². The van der Waals surface area contributed by atoms with Crippen molar-refractivity contribution in [2.24, 2.45) is 5.92 Å². The zero-order valence-corrected chi connectivity index (χ0v) is 15.7. The van der Waals surface area contributed by atoms with Crippen LogP contribution in [-0.2, 0) is 0 Å². The fourth-order valence-electron chi connectivity index (χ4n) is 2.81. The molecule has 0 aliphatic carbocycles. The molecule has 0 spiro atoms. The van der Waals surface area contributed by atoms with Crippen LogP contribution in [0.1, 0.15) is 35.8 Å². The van der Waals surface area contributed by atoms with Gasteiger partial charge in [-0.2, -0.15) is 0 Å². The van der Waals surface area contributed by atoms with Gasteiger partial charge in [0.25, 0.3) is 5.91 Å². The molecule has 2 aromatic rings. The van der Waals surface area contributed by atoms with E-state index in [0.29, 0.717) is 32.9 Å². The van der Waals surface area contributed by atoms with E-state index in [1.807, 2.05) is 6.92 Å². The molecule has 25 heavy (non-hydrogen) atoms. The number of nitrogens with one attached hydrogen (secondary N) is 1. The van der Waals surface area contributed by atoms with E-state index in [1.165, 1.54) is 0 Å². The smallest absolute Gasteiger partial charge is 0.259 e. The number of benzene rings is 1. The predicted octanol–water partition coefficient (Wildman–Crippen LogP) is 4.58. The topological polar surface area (TPSA) is 58.1 Å². The molecule has 132 valence electrons. The van der Waals surface area contributed by atoms with Crippen molar-refractivity contribution in [2.45, 2.75) is 26.7 Å². The lowest BCUT2D eigenvalue weighted by Crippen LogP contribution is -2.34. The maximum absolute atomic E-state index is 12.5. The molecule has 7 heteroatoms. The quantitative estimate of drug-likeness (QED) is 0.848. The van der Waals surface area contributed by atoms with E-state index in [0.717, 1.165) is 31.8 Å². The monoisotopic (exact) mass is 378 g/mol. The fourth-order valence-corrected chi connectivity index (χ4v) is 3.11. The van der Waals surface area contributed by atoms with E-state index in [4.69, 9.17) is 23.2 Å². The van der Waals surface area contributed by atoms with Gasteiger partial charge >= 0.3 is 0 Å². The molecule has 1 amide bonds. The first-order valence-electron chi connectivity index (χ1n) is 8.29. The predicted molar refractivity (Wildman–Crippen MR) is 102 cm³/mol. The number of rotatable bonds is 3. The van der Waals surface area contributed by atoms with Crippen LogP contribution >= 0.6 is 23.2 Å². The average Bonchev–Trinajstić information content (AvgIpc) is 2.58. The van der Waals surface area contributed by atoms with Gasteiger partial charge in [0, 0.05) is 25.0 Å². The molecule has 3 rings (SSSR count). The lowest BCUT2D eigenvalue weighted by atomic mass is 10.00. The number of piperidine rings is 1. The zero-order valence-electron chi connectivity index (χ0n) is 14.2. The second-order valence-corrected chi connectivity index (χ2v) is 7.24. The molecule has 1 aromatic heterocycles. The number of anilines is 2. The van der Waals surface area contributed by atoms with E-state index >= 15 is 0 Å². The van der Waals surface area contributed by atoms with E-state index in [1.54, 1.807) is 24.4 Å². The van der Waals surface area contributed by atoms with Crippen molar-refractivity contribution < 1.29 is 4.79 Å². The first-order valence-corrected chi connectivity index (χ1v) is 9.04. The van der Waals surface area contributed by atoms with Crippen molar-refractivity contribution in [1.82, 2.24) is 9.97 Å². The van der Waals surface area contributed by atoms with Crippen LogP contribution in [0, 0.1) is 12.8 Å². The van der Waals surface area contributed by atoms with E-state index in [2.05, 4.69) is 27.1 Å². The molecule has 1 fully saturated rings. The lowest BCUT2D eigenvalue weighted by molar-refractivity contribution is 0.102. The molecule has 1 aliphatic heterocycles. The van der Waals surface area contributed by atoms with E-state index in [-0.39, 0.29) is 5.91 Å².